The van der Waals surface area contributed by atoms with Gasteiger partial charge in [-0.3, -0.25) is 4.79 Å². The van der Waals surface area contributed by atoms with E-state index in [1.165, 1.54) is 12.7 Å². The van der Waals surface area contributed by atoms with Crippen LogP contribution < -0.4 is 5.56 Å². The molecule has 4 aromatic rings. The van der Waals surface area contributed by atoms with Crippen molar-refractivity contribution in [3.63, 3.8) is 0 Å². The van der Waals surface area contributed by atoms with Gasteiger partial charge in [-0.25, -0.2) is 15.0 Å². The van der Waals surface area contributed by atoms with Gasteiger partial charge in [-0.15, -0.1) is 0 Å². The molecular formula is C16H11ClN4O. The molecule has 0 aliphatic carbocycles. The van der Waals surface area contributed by atoms with E-state index in [1.54, 1.807) is 6.07 Å². The second kappa shape index (κ2) is 6.32. The van der Waals surface area contributed by atoms with Crippen molar-refractivity contribution in [3.8, 4) is 0 Å². The SMILES string of the molecule is Clc1ncnc2ccccc12.O=c1[nH]cnc2ccccc12. The minimum atomic E-state index is -0.0874. The summed E-state index contributed by atoms with van der Waals surface area (Å²) in [5.74, 6) is 0. The van der Waals surface area contributed by atoms with Crippen LogP contribution in [0.15, 0.2) is 66.0 Å². The van der Waals surface area contributed by atoms with Gasteiger partial charge >= 0.3 is 0 Å². The lowest BCUT2D eigenvalue weighted by Crippen LogP contribution is -2.05. The molecule has 0 saturated carbocycles. The molecule has 0 spiro atoms. The fourth-order valence-electron chi connectivity index (χ4n) is 1.99. The highest BCUT2D eigenvalue weighted by molar-refractivity contribution is 6.33. The lowest BCUT2D eigenvalue weighted by Gasteiger charge is -1.95. The zero-order valence-corrected chi connectivity index (χ0v) is 12.2. The maximum absolute atomic E-state index is 11.1. The maximum Gasteiger partial charge on any atom is 0.258 e. The summed E-state index contributed by atoms with van der Waals surface area (Å²) in [6.45, 7) is 0. The second-order valence-electron chi connectivity index (χ2n) is 4.43. The summed E-state index contributed by atoms with van der Waals surface area (Å²) in [6.07, 6.45) is 2.87. The van der Waals surface area contributed by atoms with E-state index in [1.807, 2.05) is 42.5 Å². The van der Waals surface area contributed by atoms with Crippen LogP contribution >= 0.6 is 11.6 Å². The van der Waals surface area contributed by atoms with Crippen molar-refractivity contribution in [2.75, 3.05) is 0 Å². The van der Waals surface area contributed by atoms with Crippen molar-refractivity contribution in [1.29, 1.82) is 0 Å². The number of nitrogens with zero attached hydrogens (tertiary/aromatic N) is 3. The fraction of sp³-hybridized carbons (Fsp3) is 0. The number of aromatic amines is 1. The molecule has 6 heteroatoms. The van der Waals surface area contributed by atoms with Gasteiger partial charge in [0, 0.05) is 5.39 Å². The average molecular weight is 311 g/mol. The molecule has 1 N–H and O–H groups in total. The lowest BCUT2D eigenvalue weighted by molar-refractivity contribution is 1.17. The summed E-state index contributed by atoms with van der Waals surface area (Å²) in [6, 6.07) is 14.9. The summed E-state index contributed by atoms with van der Waals surface area (Å²) >= 11 is 5.81. The van der Waals surface area contributed by atoms with Gasteiger partial charge in [0.25, 0.3) is 5.56 Å². The molecule has 0 bridgehead atoms. The molecular weight excluding hydrogens is 300 g/mol. The molecule has 108 valence electrons. The van der Waals surface area contributed by atoms with Crippen molar-refractivity contribution in [2.24, 2.45) is 0 Å². The third kappa shape index (κ3) is 2.94. The predicted octanol–water partition coefficient (Wildman–Crippen LogP) is 3.21. The Morgan fingerprint density at radius 2 is 1.45 bits per heavy atom. The first-order valence-corrected chi connectivity index (χ1v) is 6.91. The monoisotopic (exact) mass is 310 g/mol. The van der Waals surface area contributed by atoms with Crippen molar-refractivity contribution < 1.29 is 0 Å². The normalized spacial score (nSPS) is 10.2. The molecule has 2 aromatic heterocycles. The molecule has 22 heavy (non-hydrogen) atoms. The zero-order valence-electron chi connectivity index (χ0n) is 11.4. The van der Waals surface area contributed by atoms with Gasteiger partial charge in [0.1, 0.15) is 11.5 Å². The summed E-state index contributed by atoms with van der Waals surface area (Å²) < 4.78 is 0. The van der Waals surface area contributed by atoms with E-state index in [0.717, 1.165) is 16.4 Å². The minimum absolute atomic E-state index is 0.0874. The van der Waals surface area contributed by atoms with Crippen LogP contribution in [0.4, 0.5) is 0 Å². The molecule has 0 aliphatic heterocycles. The molecule has 0 unspecified atom stereocenters. The minimum Gasteiger partial charge on any atom is -0.313 e. The number of fused-ring (bicyclic) bond motifs is 2. The Bertz CT molecular complexity index is 973. The van der Waals surface area contributed by atoms with Gasteiger partial charge in [-0.2, -0.15) is 0 Å². The smallest absolute Gasteiger partial charge is 0.258 e. The number of hydrogen-bond donors (Lipinski definition) is 1. The molecule has 0 radical (unpaired) electrons. The van der Waals surface area contributed by atoms with Crippen LogP contribution in [0.2, 0.25) is 5.15 Å². The molecule has 0 amide bonds. The van der Waals surface area contributed by atoms with E-state index in [-0.39, 0.29) is 5.56 Å². The first-order chi connectivity index (χ1) is 10.8. The fourth-order valence-corrected chi connectivity index (χ4v) is 2.19. The molecule has 0 fully saturated rings. The Labute approximate surface area is 130 Å². The number of nitrogens with one attached hydrogen (secondary N) is 1. The number of rotatable bonds is 0. The Balaban J connectivity index is 0.000000131. The maximum atomic E-state index is 11.1. The van der Waals surface area contributed by atoms with Gasteiger partial charge in [0.2, 0.25) is 0 Å². The van der Waals surface area contributed by atoms with Crippen LogP contribution in [0.1, 0.15) is 0 Å². The molecule has 0 saturated heterocycles. The van der Waals surface area contributed by atoms with E-state index in [2.05, 4.69) is 19.9 Å². The third-order valence-corrected chi connectivity index (χ3v) is 3.34. The topological polar surface area (TPSA) is 71.5 Å². The van der Waals surface area contributed by atoms with Crippen LogP contribution in [0.25, 0.3) is 21.8 Å². The largest absolute Gasteiger partial charge is 0.313 e. The van der Waals surface area contributed by atoms with Crippen LogP contribution in [0.3, 0.4) is 0 Å². The van der Waals surface area contributed by atoms with E-state index in [9.17, 15) is 4.79 Å². The Morgan fingerprint density at radius 1 is 0.818 bits per heavy atom. The summed E-state index contributed by atoms with van der Waals surface area (Å²) in [7, 11) is 0. The molecule has 4 rings (SSSR count). The lowest BCUT2D eigenvalue weighted by atomic mass is 10.2. The standard InChI is InChI=1S/C8H5ClN2.C8H6N2O/c9-8-6-3-1-2-4-7(6)10-5-11-8;11-8-6-3-1-2-4-7(6)9-5-10-8/h1-5H;1-5H,(H,9,10,11). The quantitative estimate of drug-likeness (QED) is 0.506. The van der Waals surface area contributed by atoms with E-state index < -0.39 is 0 Å². The van der Waals surface area contributed by atoms with E-state index >= 15 is 0 Å². The number of hydrogen-bond acceptors (Lipinski definition) is 4. The highest BCUT2D eigenvalue weighted by Crippen LogP contribution is 2.17. The van der Waals surface area contributed by atoms with Gasteiger partial charge < -0.3 is 4.98 Å². The van der Waals surface area contributed by atoms with Crippen LogP contribution in [0.5, 0.6) is 0 Å². The molecule has 0 aliphatic rings. The van der Waals surface area contributed by atoms with Crippen molar-refractivity contribution in [1.82, 2.24) is 19.9 Å². The second-order valence-corrected chi connectivity index (χ2v) is 4.79. The number of H-pyrrole nitrogens is 1. The molecule has 0 atom stereocenters. The first kappa shape index (κ1) is 14.2. The van der Waals surface area contributed by atoms with E-state index in [0.29, 0.717) is 10.5 Å². The Kier molecular flexibility index (Phi) is 4.07. The molecule has 2 aromatic carbocycles. The number of para-hydroxylation sites is 2. The Morgan fingerprint density at radius 3 is 2.14 bits per heavy atom. The van der Waals surface area contributed by atoms with E-state index in [4.69, 9.17) is 11.6 Å². The van der Waals surface area contributed by atoms with Crippen molar-refractivity contribution in [2.45, 2.75) is 0 Å². The molecule has 2 heterocycles. The molecule has 5 nitrogen and oxygen atoms in total. The summed E-state index contributed by atoms with van der Waals surface area (Å²) in [4.78, 5) is 25.5. The highest BCUT2D eigenvalue weighted by atomic mass is 35.5. The summed E-state index contributed by atoms with van der Waals surface area (Å²) in [5.41, 5.74) is 1.53. The predicted molar refractivity (Wildman–Crippen MR) is 86.9 cm³/mol. The highest BCUT2D eigenvalue weighted by Gasteiger charge is 1.97. The zero-order chi connectivity index (χ0) is 15.4. The number of aromatic nitrogens is 4. The van der Waals surface area contributed by atoms with Gasteiger partial charge in [0.15, 0.2) is 0 Å². The number of benzene rings is 2. The number of halogens is 1. The first-order valence-electron chi connectivity index (χ1n) is 6.53. The van der Waals surface area contributed by atoms with Crippen LogP contribution in [0, 0.1) is 0 Å². The van der Waals surface area contributed by atoms with Crippen LogP contribution in [-0.4, -0.2) is 19.9 Å². The Hall–Kier alpha value is -2.79. The third-order valence-electron chi connectivity index (χ3n) is 3.04. The van der Waals surface area contributed by atoms with Crippen molar-refractivity contribution in [3.05, 3.63) is 76.7 Å². The van der Waals surface area contributed by atoms with Crippen molar-refractivity contribution >= 4 is 33.4 Å². The van der Waals surface area contributed by atoms with Gasteiger partial charge in [0.05, 0.1) is 22.7 Å². The van der Waals surface area contributed by atoms with Crippen LogP contribution in [-0.2, 0) is 0 Å². The average Bonchev–Trinajstić information content (AvgIpc) is 2.57. The van der Waals surface area contributed by atoms with Gasteiger partial charge in [-0.05, 0) is 24.3 Å². The summed E-state index contributed by atoms with van der Waals surface area (Å²) in [5, 5.41) is 2.04. The van der Waals surface area contributed by atoms with Gasteiger partial charge in [-0.1, -0.05) is 35.9 Å².